The molecular formula is C22H30N4O5S. The SMILES string of the molecule is COCCCc1ccc(S(=O)(=O)N2CC[C@H](NC(=O)c3cc(C4CC4)on3)C[C@@H]2C)cn1. The summed E-state index contributed by atoms with van der Waals surface area (Å²) < 4.78 is 38.1. The van der Waals surface area contributed by atoms with Crippen LogP contribution < -0.4 is 5.32 Å². The smallest absolute Gasteiger partial charge is 0.273 e. The first-order valence-corrected chi connectivity index (χ1v) is 12.6. The Balaban J connectivity index is 1.34. The fourth-order valence-corrected chi connectivity index (χ4v) is 5.70. The van der Waals surface area contributed by atoms with Crippen LogP contribution in [-0.4, -0.2) is 61.1 Å². The number of nitrogens with zero attached hydrogens (tertiary/aromatic N) is 3. The lowest BCUT2D eigenvalue weighted by Gasteiger charge is -2.36. The van der Waals surface area contributed by atoms with Crippen LogP contribution in [0, 0.1) is 0 Å². The summed E-state index contributed by atoms with van der Waals surface area (Å²) in [6, 6.07) is 4.72. The average Bonchev–Trinajstić information content (AvgIpc) is 3.50. The predicted octanol–water partition coefficient (Wildman–Crippen LogP) is 2.50. The Hall–Kier alpha value is -2.30. The summed E-state index contributed by atoms with van der Waals surface area (Å²) in [6.45, 7) is 2.84. The molecule has 2 atom stereocenters. The molecule has 4 rings (SSSR count). The number of nitrogens with one attached hydrogen (secondary N) is 1. The van der Waals surface area contributed by atoms with Crippen molar-refractivity contribution < 1.29 is 22.5 Å². The molecule has 2 aromatic heterocycles. The molecule has 1 aliphatic heterocycles. The minimum absolute atomic E-state index is 0.119. The number of carbonyl (C=O) groups excluding carboxylic acids is 1. The van der Waals surface area contributed by atoms with Crippen molar-refractivity contribution in [1.29, 1.82) is 0 Å². The lowest BCUT2D eigenvalue weighted by Crippen LogP contribution is -2.50. The van der Waals surface area contributed by atoms with Crippen molar-refractivity contribution in [2.24, 2.45) is 0 Å². The van der Waals surface area contributed by atoms with E-state index in [1.807, 2.05) is 6.92 Å². The number of aromatic nitrogens is 2. The van der Waals surface area contributed by atoms with E-state index >= 15 is 0 Å². The van der Waals surface area contributed by atoms with Gasteiger partial charge >= 0.3 is 0 Å². The molecule has 1 aliphatic carbocycles. The Labute approximate surface area is 188 Å². The lowest BCUT2D eigenvalue weighted by atomic mass is 10.0. The average molecular weight is 463 g/mol. The summed E-state index contributed by atoms with van der Waals surface area (Å²) >= 11 is 0. The molecule has 2 aliphatic rings. The van der Waals surface area contributed by atoms with Gasteiger partial charge in [0.15, 0.2) is 5.69 Å². The van der Waals surface area contributed by atoms with Crippen LogP contribution in [0.25, 0.3) is 0 Å². The van der Waals surface area contributed by atoms with Crippen LogP contribution in [0.1, 0.15) is 66.9 Å². The fraction of sp³-hybridized carbons (Fsp3) is 0.591. The highest BCUT2D eigenvalue weighted by atomic mass is 32.2. The third kappa shape index (κ3) is 5.19. The number of ether oxygens (including phenoxy) is 1. The van der Waals surface area contributed by atoms with Crippen LogP contribution in [0.3, 0.4) is 0 Å². The maximum Gasteiger partial charge on any atom is 0.273 e. The van der Waals surface area contributed by atoms with Gasteiger partial charge in [0.2, 0.25) is 10.0 Å². The minimum Gasteiger partial charge on any atom is -0.385 e. The highest BCUT2D eigenvalue weighted by Crippen LogP contribution is 2.40. The van der Waals surface area contributed by atoms with Crippen LogP contribution >= 0.6 is 0 Å². The highest BCUT2D eigenvalue weighted by Gasteiger charge is 2.36. The van der Waals surface area contributed by atoms with E-state index < -0.39 is 10.0 Å². The van der Waals surface area contributed by atoms with Crippen LogP contribution in [0.15, 0.2) is 33.8 Å². The number of piperidine rings is 1. The summed E-state index contributed by atoms with van der Waals surface area (Å²) in [5.74, 6) is 0.886. The van der Waals surface area contributed by atoms with Gasteiger partial charge in [-0.1, -0.05) is 5.16 Å². The Morgan fingerprint density at radius 3 is 2.78 bits per heavy atom. The highest BCUT2D eigenvalue weighted by molar-refractivity contribution is 7.89. The summed E-state index contributed by atoms with van der Waals surface area (Å²) in [5.41, 5.74) is 1.12. The number of amides is 1. The number of rotatable bonds is 9. The molecule has 0 aromatic carbocycles. The van der Waals surface area contributed by atoms with Crippen molar-refractivity contribution in [3.63, 3.8) is 0 Å². The first-order valence-electron chi connectivity index (χ1n) is 11.1. The van der Waals surface area contributed by atoms with E-state index in [1.165, 1.54) is 10.5 Å². The summed E-state index contributed by atoms with van der Waals surface area (Å²) in [5, 5.41) is 6.86. The Morgan fingerprint density at radius 1 is 1.31 bits per heavy atom. The van der Waals surface area contributed by atoms with Gasteiger partial charge in [-0.2, -0.15) is 4.31 Å². The Bertz CT molecular complexity index is 1030. The van der Waals surface area contributed by atoms with Gasteiger partial charge < -0.3 is 14.6 Å². The molecule has 1 N–H and O–H groups in total. The second-order valence-electron chi connectivity index (χ2n) is 8.63. The van der Waals surface area contributed by atoms with Gasteiger partial charge in [0.1, 0.15) is 10.7 Å². The molecule has 2 aromatic rings. The van der Waals surface area contributed by atoms with Crippen LogP contribution in [0.2, 0.25) is 0 Å². The first kappa shape index (κ1) is 22.9. The summed E-state index contributed by atoms with van der Waals surface area (Å²) in [6.07, 6.45) is 6.22. The number of hydrogen-bond donors (Lipinski definition) is 1. The molecule has 1 saturated heterocycles. The largest absolute Gasteiger partial charge is 0.385 e. The fourth-order valence-electron chi connectivity index (χ4n) is 4.10. The second-order valence-corrected chi connectivity index (χ2v) is 10.5. The van der Waals surface area contributed by atoms with Gasteiger partial charge in [0, 0.05) is 56.2 Å². The van der Waals surface area contributed by atoms with E-state index in [1.54, 1.807) is 25.3 Å². The minimum atomic E-state index is -3.65. The van der Waals surface area contributed by atoms with Crippen molar-refractivity contribution in [2.45, 2.75) is 68.3 Å². The molecule has 0 bridgehead atoms. The van der Waals surface area contributed by atoms with Gasteiger partial charge in [0.25, 0.3) is 5.91 Å². The standard InChI is InChI=1S/C22H30N4O5S/c1-15-12-18(24-22(27)20-13-21(31-25-20)16-5-6-16)9-10-26(15)32(28,29)19-8-7-17(23-14-19)4-3-11-30-2/h7-8,13-16,18H,3-6,9-12H2,1-2H3,(H,24,27)/t15-,18-/m0/s1. The zero-order valence-electron chi connectivity index (χ0n) is 18.5. The third-order valence-electron chi connectivity index (χ3n) is 6.08. The Morgan fingerprint density at radius 2 is 2.12 bits per heavy atom. The molecule has 0 unspecified atom stereocenters. The van der Waals surface area contributed by atoms with Crippen molar-refractivity contribution in [3.8, 4) is 0 Å². The molecule has 10 heteroatoms. The summed E-state index contributed by atoms with van der Waals surface area (Å²) in [7, 11) is -2.00. The van der Waals surface area contributed by atoms with E-state index in [0.29, 0.717) is 31.9 Å². The zero-order chi connectivity index (χ0) is 22.7. The van der Waals surface area contributed by atoms with E-state index in [2.05, 4.69) is 15.5 Å². The van der Waals surface area contributed by atoms with Gasteiger partial charge in [-0.05, 0) is 57.6 Å². The number of methoxy groups -OCH3 is 1. The second kappa shape index (κ2) is 9.68. The van der Waals surface area contributed by atoms with Crippen molar-refractivity contribution in [2.75, 3.05) is 20.3 Å². The predicted molar refractivity (Wildman–Crippen MR) is 117 cm³/mol. The molecule has 2 fully saturated rings. The topological polar surface area (TPSA) is 115 Å². The van der Waals surface area contributed by atoms with Gasteiger partial charge in [-0.3, -0.25) is 9.78 Å². The molecule has 1 amide bonds. The quantitative estimate of drug-likeness (QED) is 0.569. The number of pyridine rings is 1. The normalized spacial score (nSPS) is 22.1. The van der Waals surface area contributed by atoms with E-state index in [4.69, 9.17) is 9.26 Å². The van der Waals surface area contributed by atoms with Gasteiger partial charge in [-0.15, -0.1) is 0 Å². The van der Waals surface area contributed by atoms with Crippen molar-refractivity contribution in [3.05, 3.63) is 41.5 Å². The van der Waals surface area contributed by atoms with Crippen molar-refractivity contribution in [1.82, 2.24) is 19.8 Å². The molecule has 0 spiro atoms. The molecular weight excluding hydrogens is 432 g/mol. The lowest BCUT2D eigenvalue weighted by molar-refractivity contribution is 0.0905. The number of sulfonamides is 1. The zero-order valence-corrected chi connectivity index (χ0v) is 19.3. The van der Waals surface area contributed by atoms with Crippen LogP contribution in [0.4, 0.5) is 0 Å². The van der Waals surface area contributed by atoms with E-state index in [-0.39, 0.29) is 28.6 Å². The maximum absolute atomic E-state index is 13.1. The van der Waals surface area contributed by atoms with E-state index in [0.717, 1.165) is 37.1 Å². The Kier molecular flexibility index (Phi) is 6.92. The van der Waals surface area contributed by atoms with Crippen LogP contribution in [0.5, 0.6) is 0 Å². The number of hydrogen-bond acceptors (Lipinski definition) is 7. The van der Waals surface area contributed by atoms with E-state index in [9.17, 15) is 13.2 Å². The molecule has 174 valence electrons. The summed E-state index contributed by atoms with van der Waals surface area (Å²) in [4.78, 5) is 17.0. The monoisotopic (exact) mass is 462 g/mol. The maximum atomic E-state index is 13.1. The van der Waals surface area contributed by atoms with Crippen molar-refractivity contribution >= 4 is 15.9 Å². The molecule has 32 heavy (non-hydrogen) atoms. The first-order chi connectivity index (χ1) is 15.4. The number of carbonyl (C=O) groups is 1. The van der Waals surface area contributed by atoms with Gasteiger partial charge in [-0.25, -0.2) is 8.42 Å². The number of aryl methyl sites for hydroxylation is 1. The molecule has 3 heterocycles. The third-order valence-corrected chi connectivity index (χ3v) is 8.07. The molecule has 1 saturated carbocycles. The molecule has 9 nitrogen and oxygen atoms in total. The molecule has 0 radical (unpaired) electrons. The van der Waals surface area contributed by atoms with Crippen LogP contribution in [-0.2, 0) is 21.2 Å². The van der Waals surface area contributed by atoms with Gasteiger partial charge in [0.05, 0.1) is 0 Å².